The molecule has 0 N–H and O–H groups in total. The van der Waals surface area contributed by atoms with Crippen LogP contribution in [0, 0.1) is 6.92 Å². The Balaban J connectivity index is 1.45. The van der Waals surface area contributed by atoms with E-state index >= 15 is 0 Å². The number of aromatic nitrogens is 5. The maximum Gasteiger partial charge on any atom is 0.156 e. The van der Waals surface area contributed by atoms with Gasteiger partial charge in [-0.2, -0.15) is 5.10 Å². The van der Waals surface area contributed by atoms with Crippen LogP contribution in [0.1, 0.15) is 35.2 Å². The van der Waals surface area contributed by atoms with Gasteiger partial charge in [0.1, 0.15) is 11.5 Å². The normalized spacial score (nSPS) is 16.8. The van der Waals surface area contributed by atoms with Crippen molar-refractivity contribution >= 4 is 5.65 Å². The second-order valence-electron chi connectivity index (χ2n) is 7.39. The summed E-state index contributed by atoms with van der Waals surface area (Å²) < 4.78 is 9.59. The monoisotopic (exact) mass is 373 g/mol. The minimum Gasteiger partial charge on any atom is -0.381 e. The zero-order chi connectivity index (χ0) is 18.9. The molecule has 4 heterocycles. The molecule has 6 nitrogen and oxygen atoms in total. The second kappa shape index (κ2) is 7.20. The lowest BCUT2D eigenvalue weighted by Crippen LogP contribution is -2.05. The number of hydrogen-bond donors (Lipinski definition) is 0. The Kier molecular flexibility index (Phi) is 4.41. The summed E-state index contributed by atoms with van der Waals surface area (Å²) in [5.41, 5.74) is 4.32. The summed E-state index contributed by atoms with van der Waals surface area (Å²) >= 11 is 0. The second-order valence-corrected chi connectivity index (χ2v) is 7.39. The van der Waals surface area contributed by atoms with Crippen LogP contribution in [0.5, 0.6) is 0 Å². The van der Waals surface area contributed by atoms with Gasteiger partial charge in [0.2, 0.25) is 0 Å². The molecule has 1 atom stereocenters. The largest absolute Gasteiger partial charge is 0.381 e. The Morgan fingerprint density at radius 3 is 2.75 bits per heavy atom. The predicted molar refractivity (Wildman–Crippen MR) is 107 cm³/mol. The highest BCUT2D eigenvalue weighted by Crippen LogP contribution is 2.24. The van der Waals surface area contributed by atoms with E-state index in [4.69, 9.17) is 19.8 Å². The molecule has 0 amide bonds. The Labute approximate surface area is 163 Å². The van der Waals surface area contributed by atoms with Crippen LogP contribution in [0.15, 0.2) is 54.9 Å². The first-order valence-electron chi connectivity index (χ1n) is 9.79. The van der Waals surface area contributed by atoms with Gasteiger partial charge in [0, 0.05) is 31.3 Å². The third-order valence-electron chi connectivity index (χ3n) is 5.28. The van der Waals surface area contributed by atoms with E-state index in [0.717, 1.165) is 54.5 Å². The summed E-state index contributed by atoms with van der Waals surface area (Å²) in [6.07, 6.45) is 6.72. The summed E-state index contributed by atoms with van der Waals surface area (Å²) in [6.45, 7) is 3.60. The summed E-state index contributed by atoms with van der Waals surface area (Å²) in [5, 5.41) is 4.85. The average Bonchev–Trinajstić information content (AvgIpc) is 3.45. The van der Waals surface area contributed by atoms with Crippen molar-refractivity contribution in [2.24, 2.45) is 0 Å². The van der Waals surface area contributed by atoms with Crippen LogP contribution in [-0.4, -0.2) is 37.4 Å². The highest BCUT2D eigenvalue weighted by molar-refractivity contribution is 5.39. The van der Waals surface area contributed by atoms with Crippen LogP contribution in [0.3, 0.4) is 0 Å². The van der Waals surface area contributed by atoms with Gasteiger partial charge in [-0.15, -0.1) is 0 Å². The molecule has 0 spiro atoms. The fourth-order valence-corrected chi connectivity index (χ4v) is 3.68. The van der Waals surface area contributed by atoms with Gasteiger partial charge in [0.05, 0.1) is 18.0 Å². The number of benzene rings is 1. The smallest absolute Gasteiger partial charge is 0.156 e. The first kappa shape index (κ1) is 17.1. The number of rotatable bonds is 5. The fourth-order valence-electron chi connectivity index (χ4n) is 3.68. The van der Waals surface area contributed by atoms with Crippen LogP contribution in [0.4, 0.5) is 0 Å². The Bertz CT molecular complexity index is 1060. The lowest BCUT2D eigenvalue weighted by atomic mass is 10.1. The van der Waals surface area contributed by atoms with Crippen molar-refractivity contribution in [3.8, 4) is 5.69 Å². The van der Waals surface area contributed by atoms with Crippen molar-refractivity contribution < 1.29 is 4.74 Å². The van der Waals surface area contributed by atoms with E-state index in [1.54, 1.807) is 0 Å². The van der Waals surface area contributed by atoms with Crippen molar-refractivity contribution in [2.45, 2.75) is 32.1 Å². The van der Waals surface area contributed by atoms with Crippen LogP contribution in [0.25, 0.3) is 11.3 Å². The number of ether oxygens (including phenoxy) is 1. The van der Waals surface area contributed by atoms with E-state index in [2.05, 4.69) is 41.8 Å². The predicted octanol–water partition coefficient (Wildman–Crippen LogP) is 3.51. The molecular formula is C22H23N5O. The summed E-state index contributed by atoms with van der Waals surface area (Å²) in [6, 6.07) is 14.5. The number of imidazole rings is 1. The van der Waals surface area contributed by atoms with Gasteiger partial charge in [-0.1, -0.05) is 23.8 Å². The van der Waals surface area contributed by atoms with Crippen LogP contribution in [-0.2, 0) is 17.6 Å². The zero-order valence-electron chi connectivity index (χ0n) is 16.0. The Hall–Kier alpha value is -2.99. The van der Waals surface area contributed by atoms with Gasteiger partial charge in [-0.25, -0.2) is 14.6 Å². The molecule has 1 aromatic carbocycles. The topological polar surface area (TPSA) is 57.2 Å². The van der Waals surface area contributed by atoms with Crippen LogP contribution >= 0.6 is 0 Å². The highest BCUT2D eigenvalue weighted by Gasteiger charge is 2.24. The van der Waals surface area contributed by atoms with Gasteiger partial charge in [0.15, 0.2) is 5.82 Å². The van der Waals surface area contributed by atoms with E-state index in [1.807, 2.05) is 29.1 Å². The standard InChI is InChI=1S/C22H23N5O/c1-16-5-8-19(9-6-16)27-21(24-22(25-27)17-11-13-28-15-17)10-7-18-14-26-12-3-2-4-20(26)23-18/h2-6,8-9,12,14,17H,7,10-11,13,15H2,1H3/t17-/m0/s1. The van der Waals surface area contributed by atoms with Gasteiger partial charge < -0.3 is 9.14 Å². The molecule has 4 aromatic rings. The van der Waals surface area contributed by atoms with Gasteiger partial charge in [-0.3, -0.25) is 0 Å². The van der Waals surface area contributed by atoms with E-state index in [1.165, 1.54) is 5.56 Å². The molecule has 0 saturated carbocycles. The van der Waals surface area contributed by atoms with E-state index in [-0.39, 0.29) is 0 Å². The molecule has 1 fully saturated rings. The van der Waals surface area contributed by atoms with E-state index in [9.17, 15) is 0 Å². The summed E-state index contributed by atoms with van der Waals surface area (Å²) in [4.78, 5) is 9.61. The minimum absolute atomic E-state index is 0.292. The van der Waals surface area contributed by atoms with Gasteiger partial charge in [0.25, 0.3) is 0 Å². The molecule has 3 aromatic heterocycles. The van der Waals surface area contributed by atoms with Crippen molar-refractivity contribution in [3.05, 3.63) is 77.8 Å². The lowest BCUT2D eigenvalue weighted by Gasteiger charge is -2.06. The third kappa shape index (κ3) is 3.31. The summed E-state index contributed by atoms with van der Waals surface area (Å²) in [7, 11) is 0. The quantitative estimate of drug-likeness (QED) is 0.537. The average molecular weight is 373 g/mol. The first-order chi connectivity index (χ1) is 13.8. The first-order valence-corrected chi connectivity index (χ1v) is 9.79. The van der Waals surface area contributed by atoms with Crippen LogP contribution in [0.2, 0.25) is 0 Å². The van der Waals surface area contributed by atoms with E-state index < -0.39 is 0 Å². The van der Waals surface area contributed by atoms with E-state index in [0.29, 0.717) is 12.5 Å². The molecule has 1 aliphatic heterocycles. The molecule has 0 radical (unpaired) electrons. The van der Waals surface area contributed by atoms with Crippen molar-refractivity contribution in [3.63, 3.8) is 0 Å². The number of nitrogens with zero attached hydrogens (tertiary/aromatic N) is 5. The molecular weight excluding hydrogens is 350 g/mol. The Morgan fingerprint density at radius 2 is 1.96 bits per heavy atom. The SMILES string of the molecule is Cc1ccc(-n2nc([C@H]3CCOC3)nc2CCc2cn3ccccc3n2)cc1. The molecule has 1 saturated heterocycles. The lowest BCUT2D eigenvalue weighted by molar-refractivity contribution is 0.193. The molecule has 0 aliphatic carbocycles. The maximum absolute atomic E-state index is 5.54. The van der Waals surface area contributed by atoms with Gasteiger partial charge in [-0.05, 0) is 44.0 Å². The van der Waals surface area contributed by atoms with Gasteiger partial charge >= 0.3 is 0 Å². The fraction of sp³-hybridized carbons (Fsp3) is 0.318. The van der Waals surface area contributed by atoms with Crippen molar-refractivity contribution in [1.82, 2.24) is 24.1 Å². The summed E-state index contributed by atoms with van der Waals surface area (Å²) in [5.74, 6) is 2.16. The molecule has 1 aliphatic rings. The molecule has 6 heteroatoms. The third-order valence-corrected chi connectivity index (χ3v) is 5.28. The molecule has 5 rings (SSSR count). The van der Waals surface area contributed by atoms with Crippen molar-refractivity contribution in [2.75, 3.05) is 13.2 Å². The molecule has 142 valence electrons. The molecule has 0 bridgehead atoms. The zero-order valence-corrected chi connectivity index (χ0v) is 16.0. The molecule has 0 unspecified atom stereocenters. The maximum atomic E-state index is 5.54. The number of pyridine rings is 1. The molecule has 28 heavy (non-hydrogen) atoms. The van der Waals surface area contributed by atoms with Crippen molar-refractivity contribution in [1.29, 1.82) is 0 Å². The Morgan fingerprint density at radius 1 is 1.07 bits per heavy atom. The number of hydrogen-bond acceptors (Lipinski definition) is 4. The minimum atomic E-state index is 0.292. The number of aryl methyl sites for hydroxylation is 3. The number of fused-ring (bicyclic) bond motifs is 1. The highest BCUT2D eigenvalue weighted by atomic mass is 16.5. The van der Waals surface area contributed by atoms with Crippen LogP contribution < -0.4 is 0 Å².